The van der Waals surface area contributed by atoms with Crippen molar-refractivity contribution in [2.75, 3.05) is 6.61 Å². The Bertz CT molecular complexity index is 320. The van der Waals surface area contributed by atoms with E-state index in [4.69, 9.17) is 10.2 Å². The van der Waals surface area contributed by atoms with Gasteiger partial charge in [0.25, 0.3) is 0 Å². The van der Waals surface area contributed by atoms with Gasteiger partial charge in [0.2, 0.25) is 0 Å². The fourth-order valence-corrected chi connectivity index (χ4v) is 2.69. The Balaban J connectivity index is 2.52. The van der Waals surface area contributed by atoms with Crippen LogP contribution >= 0.6 is 0 Å². The normalized spacial score (nSPS) is 24.8. The Morgan fingerprint density at radius 2 is 1.89 bits per heavy atom. The van der Waals surface area contributed by atoms with Crippen LogP contribution in [0.25, 0.3) is 0 Å². The van der Waals surface area contributed by atoms with Crippen LogP contribution < -0.4 is 10.6 Å². The predicted molar refractivity (Wildman–Crippen MR) is 70.8 cm³/mol. The summed E-state index contributed by atoms with van der Waals surface area (Å²) in [6, 6.07) is -1.68. The molecule has 4 N–H and O–H groups in total. The van der Waals surface area contributed by atoms with Crippen LogP contribution in [0, 0.1) is 11.8 Å². The van der Waals surface area contributed by atoms with Gasteiger partial charge >= 0.3 is 12.0 Å². The number of amides is 2. The van der Waals surface area contributed by atoms with E-state index in [1.54, 1.807) is 0 Å². The third-order valence-corrected chi connectivity index (χ3v) is 3.78. The first-order chi connectivity index (χ1) is 8.95. The van der Waals surface area contributed by atoms with Gasteiger partial charge in [-0.3, -0.25) is 0 Å². The highest BCUT2D eigenvalue weighted by Crippen LogP contribution is 2.30. The lowest BCUT2D eigenvalue weighted by Crippen LogP contribution is -2.53. The van der Waals surface area contributed by atoms with Gasteiger partial charge in [-0.1, -0.05) is 26.7 Å². The van der Waals surface area contributed by atoms with E-state index in [2.05, 4.69) is 24.5 Å². The molecule has 19 heavy (non-hydrogen) atoms. The van der Waals surface area contributed by atoms with Gasteiger partial charge in [-0.25, -0.2) is 9.59 Å². The lowest BCUT2D eigenvalue weighted by atomic mass is 9.78. The molecule has 6 heteroatoms. The van der Waals surface area contributed by atoms with Crippen LogP contribution in [0.2, 0.25) is 0 Å². The standard InChI is InChI=1S/C13H24N2O4/c1-8(2)9-5-3-4-6-10(9)14-13(19)15-11(7-16)12(17)18/h8-11,16H,3-7H2,1-2H3,(H,17,18)(H2,14,15,19)/t9?,10?,11-/m0/s1. The summed E-state index contributed by atoms with van der Waals surface area (Å²) in [6.45, 7) is 3.66. The zero-order valence-corrected chi connectivity index (χ0v) is 11.6. The van der Waals surface area contributed by atoms with Crippen molar-refractivity contribution in [1.29, 1.82) is 0 Å². The highest BCUT2D eigenvalue weighted by molar-refractivity contribution is 5.82. The summed E-state index contributed by atoms with van der Waals surface area (Å²) in [5.74, 6) is -0.322. The Hall–Kier alpha value is -1.30. The molecule has 0 saturated heterocycles. The number of carbonyl (C=O) groups excluding carboxylic acids is 1. The molecule has 1 aliphatic carbocycles. The van der Waals surface area contributed by atoms with Gasteiger partial charge in [-0.05, 0) is 24.7 Å². The Morgan fingerprint density at radius 3 is 2.42 bits per heavy atom. The molecule has 110 valence electrons. The number of carboxylic acid groups (broad SMARTS) is 1. The summed E-state index contributed by atoms with van der Waals surface area (Å²) in [7, 11) is 0. The molecule has 0 aliphatic heterocycles. The van der Waals surface area contributed by atoms with Crippen LogP contribution in [-0.2, 0) is 4.79 Å². The number of hydrogen-bond donors (Lipinski definition) is 4. The van der Waals surface area contributed by atoms with Crippen molar-refractivity contribution in [2.45, 2.75) is 51.6 Å². The second-order valence-corrected chi connectivity index (χ2v) is 5.49. The lowest BCUT2D eigenvalue weighted by Gasteiger charge is -2.35. The highest BCUT2D eigenvalue weighted by Gasteiger charge is 2.29. The maximum absolute atomic E-state index is 11.8. The second kappa shape index (κ2) is 7.33. The van der Waals surface area contributed by atoms with Crippen LogP contribution in [0.4, 0.5) is 4.79 Å². The number of carboxylic acids is 1. The second-order valence-electron chi connectivity index (χ2n) is 5.49. The topological polar surface area (TPSA) is 98.7 Å². The van der Waals surface area contributed by atoms with Gasteiger partial charge in [0.05, 0.1) is 6.61 Å². The van der Waals surface area contributed by atoms with Gasteiger partial charge < -0.3 is 20.8 Å². The molecule has 1 rings (SSSR count). The average molecular weight is 272 g/mol. The van der Waals surface area contributed by atoms with Crippen molar-refractivity contribution in [2.24, 2.45) is 11.8 Å². The third kappa shape index (κ3) is 4.70. The number of nitrogens with one attached hydrogen (secondary N) is 2. The third-order valence-electron chi connectivity index (χ3n) is 3.78. The lowest BCUT2D eigenvalue weighted by molar-refractivity contribution is -0.140. The van der Waals surface area contributed by atoms with Gasteiger partial charge in [0.15, 0.2) is 6.04 Å². The quantitative estimate of drug-likeness (QED) is 0.598. The summed E-state index contributed by atoms with van der Waals surface area (Å²) >= 11 is 0. The van der Waals surface area contributed by atoms with Gasteiger partial charge in [0.1, 0.15) is 0 Å². The fraction of sp³-hybridized carbons (Fsp3) is 0.846. The number of aliphatic carboxylic acids is 1. The summed E-state index contributed by atoms with van der Waals surface area (Å²) < 4.78 is 0. The molecule has 0 aromatic carbocycles. The summed E-state index contributed by atoms with van der Waals surface area (Å²) in [6.07, 6.45) is 4.27. The molecule has 3 atom stereocenters. The van der Waals surface area contributed by atoms with Gasteiger partial charge in [-0.2, -0.15) is 0 Å². The molecule has 2 amide bonds. The Labute approximate surface area is 113 Å². The molecule has 1 aliphatic rings. The molecule has 0 bridgehead atoms. The molecule has 0 heterocycles. The van der Waals surface area contributed by atoms with Crippen molar-refractivity contribution < 1.29 is 19.8 Å². The summed E-state index contributed by atoms with van der Waals surface area (Å²) in [5, 5.41) is 22.8. The number of aliphatic hydroxyl groups excluding tert-OH is 1. The molecular weight excluding hydrogens is 248 g/mol. The van der Waals surface area contributed by atoms with Crippen molar-refractivity contribution >= 4 is 12.0 Å². The number of urea groups is 1. The Morgan fingerprint density at radius 1 is 1.26 bits per heavy atom. The van der Waals surface area contributed by atoms with Crippen LogP contribution in [0.5, 0.6) is 0 Å². The number of aliphatic hydroxyl groups is 1. The number of hydrogen-bond acceptors (Lipinski definition) is 3. The van der Waals surface area contributed by atoms with E-state index in [0.29, 0.717) is 11.8 Å². The van der Waals surface area contributed by atoms with E-state index in [1.165, 1.54) is 6.42 Å². The molecule has 2 unspecified atom stereocenters. The summed E-state index contributed by atoms with van der Waals surface area (Å²) in [4.78, 5) is 22.5. The van der Waals surface area contributed by atoms with Gasteiger partial charge in [-0.15, -0.1) is 0 Å². The molecule has 0 aromatic rings. The van der Waals surface area contributed by atoms with E-state index in [-0.39, 0.29) is 6.04 Å². The first kappa shape index (κ1) is 15.8. The average Bonchev–Trinajstić information content (AvgIpc) is 2.35. The monoisotopic (exact) mass is 272 g/mol. The number of rotatable bonds is 5. The molecule has 1 fully saturated rings. The highest BCUT2D eigenvalue weighted by atomic mass is 16.4. The zero-order chi connectivity index (χ0) is 14.4. The number of carbonyl (C=O) groups is 2. The van der Waals surface area contributed by atoms with E-state index in [9.17, 15) is 9.59 Å². The molecular formula is C13H24N2O4. The van der Waals surface area contributed by atoms with Crippen molar-refractivity contribution in [3.63, 3.8) is 0 Å². The molecule has 6 nitrogen and oxygen atoms in total. The minimum Gasteiger partial charge on any atom is -0.480 e. The predicted octanol–water partition coefficient (Wildman–Crippen LogP) is 0.946. The van der Waals surface area contributed by atoms with Crippen LogP contribution in [0.1, 0.15) is 39.5 Å². The SMILES string of the molecule is CC(C)C1CCCCC1NC(=O)N[C@@H](CO)C(=O)O. The smallest absolute Gasteiger partial charge is 0.328 e. The van der Waals surface area contributed by atoms with E-state index in [0.717, 1.165) is 19.3 Å². The fourth-order valence-electron chi connectivity index (χ4n) is 2.69. The van der Waals surface area contributed by atoms with Crippen LogP contribution in [0.3, 0.4) is 0 Å². The Kier molecular flexibility index (Phi) is 6.08. The zero-order valence-electron chi connectivity index (χ0n) is 11.6. The maximum Gasteiger partial charge on any atom is 0.328 e. The molecule has 0 spiro atoms. The minimum absolute atomic E-state index is 0.0851. The van der Waals surface area contributed by atoms with Gasteiger partial charge in [0, 0.05) is 6.04 Å². The first-order valence-corrected chi connectivity index (χ1v) is 6.86. The maximum atomic E-state index is 11.8. The van der Waals surface area contributed by atoms with Crippen molar-refractivity contribution in [3.05, 3.63) is 0 Å². The van der Waals surface area contributed by atoms with E-state index < -0.39 is 24.6 Å². The first-order valence-electron chi connectivity index (χ1n) is 6.86. The summed E-state index contributed by atoms with van der Waals surface area (Å²) in [5.41, 5.74) is 0. The largest absolute Gasteiger partial charge is 0.480 e. The van der Waals surface area contributed by atoms with E-state index >= 15 is 0 Å². The molecule has 0 aromatic heterocycles. The van der Waals surface area contributed by atoms with Crippen molar-refractivity contribution in [1.82, 2.24) is 10.6 Å². The minimum atomic E-state index is -1.25. The molecule has 1 saturated carbocycles. The van der Waals surface area contributed by atoms with Crippen LogP contribution in [0.15, 0.2) is 0 Å². The van der Waals surface area contributed by atoms with E-state index in [1.807, 2.05) is 0 Å². The van der Waals surface area contributed by atoms with Crippen LogP contribution in [-0.4, -0.2) is 40.9 Å². The molecule has 0 radical (unpaired) electrons. The van der Waals surface area contributed by atoms with Crippen molar-refractivity contribution in [3.8, 4) is 0 Å².